The van der Waals surface area contributed by atoms with Gasteiger partial charge in [0.2, 0.25) is 35.4 Å². The fourth-order valence-corrected chi connectivity index (χ4v) is 6.64. The van der Waals surface area contributed by atoms with Gasteiger partial charge in [0.1, 0.15) is 53.9 Å². The lowest BCUT2D eigenvalue weighted by molar-refractivity contribution is -0.156. The van der Waals surface area contributed by atoms with Crippen LogP contribution in [-0.4, -0.2) is 105 Å². The Bertz CT molecular complexity index is 1730. The van der Waals surface area contributed by atoms with E-state index in [1.807, 2.05) is 0 Å². The molecule has 2 heterocycles. The maximum absolute atomic E-state index is 14.2. The summed E-state index contributed by atoms with van der Waals surface area (Å²) in [6.45, 7) is 9.63. The highest BCUT2D eigenvalue weighted by Gasteiger charge is 2.42. The second kappa shape index (κ2) is 18.6. The molecule has 0 bridgehead atoms. The number of hydrogen-bond acceptors (Lipinski definition) is 10. The van der Waals surface area contributed by atoms with E-state index in [-0.39, 0.29) is 30.9 Å². The van der Waals surface area contributed by atoms with Gasteiger partial charge in [-0.25, -0.2) is 4.79 Å². The van der Waals surface area contributed by atoms with Crippen LogP contribution >= 0.6 is 0 Å². The molecule has 2 aromatic rings. The molecular weight excluding hydrogens is 712 g/mol. The first-order valence-corrected chi connectivity index (χ1v) is 18.5. The van der Waals surface area contributed by atoms with Gasteiger partial charge >= 0.3 is 5.97 Å². The molecule has 0 spiro atoms. The van der Waals surface area contributed by atoms with Crippen LogP contribution < -0.4 is 26.6 Å². The molecule has 6 amide bonds. The molecule has 0 aliphatic carbocycles. The number of amides is 6. The summed E-state index contributed by atoms with van der Waals surface area (Å²) in [6.07, 6.45) is -0.743. The molecule has 16 nitrogen and oxygen atoms in total. The van der Waals surface area contributed by atoms with E-state index in [4.69, 9.17) is 4.74 Å². The van der Waals surface area contributed by atoms with Crippen molar-refractivity contribution in [3.05, 3.63) is 59.7 Å². The monoisotopic (exact) mass is 764 g/mol. The Morgan fingerprint density at radius 3 is 1.78 bits per heavy atom. The summed E-state index contributed by atoms with van der Waals surface area (Å²) in [5, 5.41) is 33.1. The maximum atomic E-state index is 14.2. The van der Waals surface area contributed by atoms with Gasteiger partial charge in [0.05, 0.1) is 0 Å². The smallest absolute Gasteiger partial charge is 0.329 e. The number of phenols is 2. The number of nitrogens with zero attached hydrogens (tertiary/aromatic N) is 1. The van der Waals surface area contributed by atoms with Crippen molar-refractivity contribution in [2.75, 3.05) is 6.54 Å². The van der Waals surface area contributed by atoms with Crippen molar-refractivity contribution in [2.24, 2.45) is 11.8 Å². The minimum Gasteiger partial charge on any atom is -0.508 e. The van der Waals surface area contributed by atoms with Crippen LogP contribution in [0.2, 0.25) is 0 Å². The van der Waals surface area contributed by atoms with E-state index in [9.17, 15) is 43.8 Å². The number of esters is 1. The van der Waals surface area contributed by atoms with Gasteiger partial charge in [-0.2, -0.15) is 0 Å². The molecule has 2 aliphatic heterocycles. The van der Waals surface area contributed by atoms with Gasteiger partial charge in [0.25, 0.3) is 0 Å². The van der Waals surface area contributed by atoms with Gasteiger partial charge < -0.3 is 46.4 Å². The van der Waals surface area contributed by atoms with Crippen LogP contribution in [0.5, 0.6) is 11.5 Å². The van der Waals surface area contributed by atoms with E-state index in [1.165, 1.54) is 43.0 Å². The second-order valence-corrected chi connectivity index (χ2v) is 14.8. The highest BCUT2D eigenvalue weighted by molar-refractivity contribution is 5.97. The van der Waals surface area contributed by atoms with E-state index in [0.717, 1.165) is 0 Å². The third-order valence-corrected chi connectivity index (χ3v) is 9.71. The van der Waals surface area contributed by atoms with Crippen LogP contribution in [0.25, 0.3) is 0 Å². The van der Waals surface area contributed by atoms with E-state index in [0.29, 0.717) is 24.0 Å². The summed E-state index contributed by atoms with van der Waals surface area (Å²) in [6, 6.07) is 4.46. The summed E-state index contributed by atoms with van der Waals surface area (Å²) < 4.78 is 5.76. The Labute approximate surface area is 320 Å². The van der Waals surface area contributed by atoms with E-state index >= 15 is 0 Å². The van der Waals surface area contributed by atoms with Crippen molar-refractivity contribution in [3.8, 4) is 11.5 Å². The van der Waals surface area contributed by atoms with E-state index < -0.39 is 95.6 Å². The van der Waals surface area contributed by atoms with Crippen LogP contribution in [-0.2, 0) is 51.1 Å². The fraction of sp³-hybridized carbons (Fsp3) is 0.513. The summed E-state index contributed by atoms with van der Waals surface area (Å²) in [7, 11) is 0. The van der Waals surface area contributed by atoms with Crippen LogP contribution in [0.15, 0.2) is 48.5 Å². The van der Waals surface area contributed by atoms with Crippen molar-refractivity contribution in [3.63, 3.8) is 0 Å². The third kappa shape index (κ3) is 11.2. The van der Waals surface area contributed by atoms with Crippen LogP contribution in [0.1, 0.15) is 65.5 Å². The van der Waals surface area contributed by atoms with Crippen molar-refractivity contribution in [2.45, 2.75) is 110 Å². The molecule has 0 saturated carbocycles. The quantitative estimate of drug-likeness (QED) is 0.194. The molecule has 4 rings (SSSR count). The molecule has 2 fully saturated rings. The minimum atomic E-state index is -1.46. The lowest BCUT2D eigenvalue weighted by Crippen LogP contribution is -2.61. The number of benzene rings is 2. The molecule has 0 radical (unpaired) electrons. The second-order valence-electron chi connectivity index (χ2n) is 14.8. The largest absolute Gasteiger partial charge is 0.508 e. The fourth-order valence-electron chi connectivity index (χ4n) is 6.64. The SMILES string of the molecule is CC(=O)N[C@@H]1C(=O)N[C@@H](C(C)C)C(=O)N2CCC[C@H]2C(=O)N[C@H](C(C)C)C(=O)N[C@@H](Cc2ccc(O)cc2)C(=O)N[C@@H](Cc2ccc(O)cc2)C(=O)O[C@@H]1C. The van der Waals surface area contributed by atoms with E-state index in [2.05, 4.69) is 26.6 Å². The number of ether oxygens (including phenoxy) is 1. The van der Waals surface area contributed by atoms with Gasteiger partial charge in [-0.05, 0) is 67.0 Å². The number of hydrogen-bond donors (Lipinski definition) is 7. The van der Waals surface area contributed by atoms with E-state index in [1.54, 1.807) is 52.0 Å². The Kier molecular flexibility index (Phi) is 14.2. The lowest BCUT2D eigenvalue weighted by Gasteiger charge is -2.33. The number of cyclic esters (lactones) is 1. The van der Waals surface area contributed by atoms with Crippen molar-refractivity contribution >= 4 is 41.4 Å². The zero-order chi connectivity index (χ0) is 40.6. The Hall–Kier alpha value is -5.67. The zero-order valence-corrected chi connectivity index (χ0v) is 32.0. The summed E-state index contributed by atoms with van der Waals surface area (Å²) in [5.41, 5.74) is 1.07. The summed E-state index contributed by atoms with van der Waals surface area (Å²) >= 11 is 0. The first kappa shape index (κ1) is 42.1. The average molecular weight is 765 g/mol. The molecule has 7 N–H and O–H groups in total. The minimum absolute atomic E-state index is 0.0171. The number of carbonyl (C=O) groups excluding carboxylic acids is 7. The van der Waals surface area contributed by atoms with Crippen LogP contribution in [0.3, 0.4) is 0 Å². The average Bonchev–Trinajstić information content (AvgIpc) is 3.62. The molecule has 16 heteroatoms. The molecule has 2 saturated heterocycles. The summed E-state index contributed by atoms with van der Waals surface area (Å²) in [5.74, 6) is -5.98. The Balaban J connectivity index is 1.80. The first-order valence-electron chi connectivity index (χ1n) is 18.5. The predicted molar refractivity (Wildman–Crippen MR) is 199 cm³/mol. The highest BCUT2D eigenvalue weighted by Crippen LogP contribution is 2.22. The van der Waals surface area contributed by atoms with Gasteiger partial charge in [-0.15, -0.1) is 0 Å². The van der Waals surface area contributed by atoms with Gasteiger partial charge in [0, 0.05) is 26.3 Å². The predicted octanol–water partition coefficient (Wildman–Crippen LogP) is 0.575. The van der Waals surface area contributed by atoms with Crippen LogP contribution in [0.4, 0.5) is 0 Å². The highest BCUT2D eigenvalue weighted by atomic mass is 16.5. The number of rotatable bonds is 7. The van der Waals surface area contributed by atoms with Crippen LogP contribution in [0, 0.1) is 11.8 Å². The first-order chi connectivity index (χ1) is 25.9. The molecule has 7 atom stereocenters. The standard InChI is InChI=1S/C39H52N6O10/c1-20(2)31-36(51)41-28(18-24-9-13-26(47)14-10-24)34(49)42-29(19-25-11-15-27(48)16-12-25)39(54)55-22(5)33(40-23(6)46)37(52)44-32(21(3)4)38(53)45-17-7-8-30(45)35(50)43-31/h9-16,20-22,28-33,47-48H,7-8,17-19H2,1-6H3,(H,40,46)(H,41,51)(H,42,49)(H,43,50)(H,44,52)/t22-,28+,29+,30+,31-,32+,33+/m1/s1. The lowest BCUT2D eigenvalue weighted by atomic mass is 9.99. The number of nitrogens with one attached hydrogen (secondary N) is 5. The van der Waals surface area contributed by atoms with Gasteiger partial charge in [-0.3, -0.25) is 28.8 Å². The van der Waals surface area contributed by atoms with Crippen molar-refractivity contribution < 1.29 is 48.5 Å². The van der Waals surface area contributed by atoms with Crippen molar-refractivity contribution in [1.82, 2.24) is 31.5 Å². The normalized spacial score (nSPS) is 26.1. The number of aromatic hydroxyl groups is 2. The molecular formula is C39H52N6O10. The Morgan fingerprint density at radius 1 is 0.745 bits per heavy atom. The maximum Gasteiger partial charge on any atom is 0.329 e. The van der Waals surface area contributed by atoms with Gasteiger partial charge in [0.15, 0.2) is 0 Å². The summed E-state index contributed by atoms with van der Waals surface area (Å²) in [4.78, 5) is 97.5. The number of carbonyl (C=O) groups is 7. The zero-order valence-electron chi connectivity index (χ0n) is 32.0. The topological polar surface area (TPSA) is 233 Å². The molecule has 2 aromatic carbocycles. The van der Waals surface area contributed by atoms with Crippen molar-refractivity contribution in [1.29, 1.82) is 0 Å². The Morgan fingerprint density at radius 2 is 1.25 bits per heavy atom. The molecule has 298 valence electrons. The third-order valence-electron chi connectivity index (χ3n) is 9.71. The molecule has 0 unspecified atom stereocenters. The molecule has 0 aromatic heterocycles. The number of fused-ring (bicyclic) bond motifs is 1. The number of phenolic OH excluding ortho intramolecular Hbond substituents is 2. The molecule has 55 heavy (non-hydrogen) atoms. The van der Waals surface area contributed by atoms with Gasteiger partial charge in [-0.1, -0.05) is 52.0 Å². The molecule has 2 aliphatic rings.